The van der Waals surface area contributed by atoms with Gasteiger partial charge in [-0.25, -0.2) is 8.42 Å². The van der Waals surface area contributed by atoms with E-state index in [2.05, 4.69) is 10.4 Å². The van der Waals surface area contributed by atoms with Crippen LogP contribution in [0.5, 0.6) is 0 Å². The fourth-order valence-electron chi connectivity index (χ4n) is 3.44. The zero-order chi connectivity index (χ0) is 20.3. The molecule has 0 bridgehead atoms. The Labute approximate surface area is 174 Å². The lowest BCUT2D eigenvalue weighted by Gasteiger charge is -2.30. The van der Waals surface area contributed by atoms with Gasteiger partial charge in [0, 0.05) is 19.3 Å². The Morgan fingerprint density at radius 1 is 1.21 bits per heavy atom. The molecule has 1 aliphatic heterocycles. The number of benzene rings is 1. The average molecular weight is 431 g/mol. The van der Waals surface area contributed by atoms with E-state index in [-0.39, 0.29) is 18.4 Å². The van der Waals surface area contributed by atoms with Gasteiger partial charge < -0.3 is 5.32 Å². The maximum Gasteiger partial charge on any atom is 0.252 e. The maximum absolute atomic E-state index is 12.7. The highest BCUT2D eigenvalue weighted by Gasteiger charge is 2.33. The fraction of sp³-hybridized carbons (Fsp3) is 0.300. The summed E-state index contributed by atoms with van der Waals surface area (Å²) in [5.74, 6) is -0.550. The molecule has 3 heterocycles. The monoisotopic (exact) mass is 430 g/mol. The lowest BCUT2D eigenvalue weighted by molar-refractivity contribution is -0.120. The molecule has 29 heavy (non-hydrogen) atoms. The number of carbonyl (C=O) groups excluding carboxylic acids is 1. The van der Waals surface area contributed by atoms with E-state index < -0.39 is 10.0 Å². The third-order valence-electron chi connectivity index (χ3n) is 4.93. The second-order valence-electron chi connectivity index (χ2n) is 7.04. The molecule has 0 saturated carbocycles. The molecular formula is C20H22N4O3S2. The van der Waals surface area contributed by atoms with Crippen molar-refractivity contribution in [3.8, 4) is 0 Å². The van der Waals surface area contributed by atoms with E-state index in [0.29, 0.717) is 35.8 Å². The molecule has 1 saturated heterocycles. The third kappa shape index (κ3) is 4.58. The zero-order valence-electron chi connectivity index (χ0n) is 15.8. The lowest BCUT2D eigenvalue weighted by atomic mass is 9.99. The first-order valence-electron chi connectivity index (χ1n) is 9.43. The molecule has 7 nitrogen and oxygen atoms in total. The van der Waals surface area contributed by atoms with Crippen LogP contribution in [-0.2, 0) is 21.4 Å². The largest absolute Gasteiger partial charge is 0.323 e. The first-order chi connectivity index (χ1) is 14.0. The van der Waals surface area contributed by atoms with Crippen LogP contribution in [-0.4, -0.2) is 41.5 Å². The Morgan fingerprint density at radius 3 is 2.79 bits per heavy atom. The van der Waals surface area contributed by atoms with E-state index in [4.69, 9.17) is 0 Å². The minimum absolute atomic E-state index is 0.171. The van der Waals surface area contributed by atoms with Crippen LogP contribution in [0.4, 0.5) is 5.69 Å². The number of aromatic nitrogens is 2. The van der Waals surface area contributed by atoms with Crippen LogP contribution in [0.1, 0.15) is 18.4 Å². The van der Waals surface area contributed by atoms with E-state index in [0.717, 1.165) is 5.56 Å². The Balaban J connectivity index is 1.38. The van der Waals surface area contributed by atoms with Crippen LogP contribution in [0, 0.1) is 5.92 Å². The highest BCUT2D eigenvalue weighted by atomic mass is 32.2. The molecule has 2 aromatic heterocycles. The second kappa shape index (κ2) is 8.48. The van der Waals surface area contributed by atoms with Crippen LogP contribution in [0.25, 0.3) is 0 Å². The van der Waals surface area contributed by atoms with Gasteiger partial charge in [-0.3, -0.25) is 9.48 Å². The van der Waals surface area contributed by atoms with Crippen molar-refractivity contribution in [2.75, 3.05) is 18.4 Å². The predicted octanol–water partition coefficient (Wildman–Crippen LogP) is 3.03. The molecule has 9 heteroatoms. The number of amides is 1. The van der Waals surface area contributed by atoms with Gasteiger partial charge in [0.2, 0.25) is 5.91 Å². The van der Waals surface area contributed by atoms with Gasteiger partial charge in [-0.1, -0.05) is 36.4 Å². The highest BCUT2D eigenvalue weighted by Crippen LogP contribution is 2.27. The first-order valence-corrected chi connectivity index (χ1v) is 11.8. The molecule has 1 aromatic carbocycles. The molecule has 3 aromatic rings. The van der Waals surface area contributed by atoms with Gasteiger partial charge in [-0.05, 0) is 29.9 Å². The normalized spacial score (nSPS) is 17.9. The van der Waals surface area contributed by atoms with Crippen LogP contribution in [0.3, 0.4) is 0 Å². The van der Waals surface area contributed by atoms with Crippen molar-refractivity contribution in [1.29, 1.82) is 0 Å². The SMILES string of the molecule is O=C(Nc1cnn(Cc2ccccc2)c1)C1CCCN(S(=O)(=O)c2cccs2)C1. The molecule has 0 radical (unpaired) electrons. The van der Waals surface area contributed by atoms with Crippen molar-refractivity contribution in [3.63, 3.8) is 0 Å². The van der Waals surface area contributed by atoms with Gasteiger partial charge in [0.25, 0.3) is 10.0 Å². The first kappa shape index (κ1) is 19.8. The second-order valence-corrected chi connectivity index (χ2v) is 10.1. The number of anilines is 1. The molecule has 0 spiro atoms. The molecule has 1 unspecified atom stereocenters. The molecule has 1 amide bonds. The van der Waals surface area contributed by atoms with Crippen molar-refractivity contribution >= 4 is 33.0 Å². The van der Waals surface area contributed by atoms with Gasteiger partial charge >= 0.3 is 0 Å². The highest BCUT2D eigenvalue weighted by molar-refractivity contribution is 7.91. The zero-order valence-corrected chi connectivity index (χ0v) is 17.4. The van der Waals surface area contributed by atoms with Crippen LogP contribution >= 0.6 is 11.3 Å². The van der Waals surface area contributed by atoms with Crippen LogP contribution < -0.4 is 5.32 Å². The molecule has 1 N–H and O–H groups in total. The van der Waals surface area contributed by atoms with Crippen LogP contribution in [0.15, 0.2) is 64.4 Å². The summed E-state index contributed by atoms with van der Waals surface area (Å²) in [5.41, 5.74) is 1.74. The molecule has 4 rings (SSSR count). The van der Waals surface area contributed by atoms with Gasteiger partial charge in [0.05, 0.1) is 24.3 Å². The summed E-state index contributed by atoms with van der Waals surface area (Å²) < 4.78 is 29.0. The Hall–Kier alpha value is -2.49. The van der Waals surface area contributed by atoms with Crippen molar-refractivity contribution in [2.45, 2.75) is 23.6 Å². The van der Waals surface area contributed by atoms with Crippen molar-refractivity contribution < 1.29 is 13.2 Å². The number of thiophene rings is 1. The summed E-state index contributed by atoms with van der Waals surface area (Å²) in [6.07, 6.45) is 4.73. The number of sulfonamides is 1. The molecule has 0 aliphatic carbocycles. The number of nitrogens with one attached hydrogen (secondary N) is 1. The summed E-state index contributed by atoms with van der Waals surface area (Å²) in [7, 11) is -3.53. The average Bonchev–Trinajstić information content (AvgIpc) is 3.42. The Morgan fingerprint density at radius 2 is 2.03 bits per heavy atom. The molecule has 1 atom stereocenters. The van der Waals surface area contributed by atoms with Gasteiger partial charge in [0.1, 0.15) is 4.21 Å². The summed E-state index contributed by atoms with van der Waals surface area (Å²) in [5, 5.41) is 8.92. The summed E-state index contributed by atoms with van der Waals surface area (Å²) in [6, 6.07) is 13.3. The van der Waals surface area contributed by atoms with Gasteiger partial charge in [-0.15, -0.1) is 11.3 Å². The summed E-state index contributed by atoms with van der Waals surface area (Å²) in [6.45, 7) is 1.26. The summed E-state index contributed by atoms with van der Waals surface area (Å²) in [4.78, 5) is 12.7. The number of rotatable bonds is 6. The smallest absolute Gasteiger partial charge is 0.252 e. The van der Waals surface area contributed by atoms with Crippen molar-refractivity contribution in [3.05, 3.63) is 65.8 Å². The van der Waals surface area contributed by atoms with Crippen molar-refractivity contribution in [2.24, 2.45) is 5.92 Å². The molecule has 1 fully saturated rings. The molecule has 152 valence electrons. The quantitative estimate of drug-likeness (QED) is 0.651. The topological polar surface area (TPSA) is 84.3 Å². The number of nitrogens with zero attached hydrogens (tertiary/aromatic N) is 3. The number of hydrogen-bond acceptors (Lipinski definition) is 5. The molecular weight excluding hydrogens is 408 g/mol. The minimum Gasteiger partial charge on any atom is -0.323 e. The summed E-state index contributed by atoms with van der Waals surface area (Å²) >= 11 is 1.20. The molecule has 1 aliphatic rings. The van der Waals surface area contributed by atoms with E-state index in [1.54, 1.807) is 34.6 Å². The predicted molar refractivity (Wildman–Crippen MR) is 112 cm³/mol. The Bertz CT molecular complexity index is 1060. The van der Waals surface area contributed by atoms with E-state index in [1.165, 1.54) is 15.6 Å². The fourth-order valence-corrected chi connectivity index (χ4v) is 6.11. The maximum atomic E-state index is 12.7. The lowest BCUT2D eigenvalue weighted by Crippen LogP contribution is -2.43. The number of carbonyl (C=O) groups is 1. The Kier molecular flexibility index (Phi) is 5.79. The van der Waals surface area contributed by atoms with Gasteiger partial charge in [0.15, 0.2) is 0 Å². The third-order valence-corrected chi connectivity index (χ3v) is 8.17. The van der Waals surface area contributed by atoms with E-state index >= 15 is 0 Å². The number of piperidine rings is 1. The van der Waals surface area contributed by atoms with Crippen LogP contribution in [0.2, 0.25) is 0 Å². The minimum atomic E-state index is -3.53. The van der Waals surface area contributed by atoms with Gasteiger partial charge in [-0.2, -0.15) is 9.40 Å². The number of hydrogen-bond donors (Lipinski definition) is 1. The van der Waals surface area contributed by atoms with Crippen molar-refractivity contribution in [1.82, 2.24) is 14.1 Å². The standard InChI is InChI=1S/C20H22N4O3S2/c25-20(22-18-12-21-23(15-18)13-16-6-2-1-3-7-16)17-8-4-10-24(14-17)29(26,27)19-9-5-11-28-19/h1-3,5-7,9,11-12,15,17H,4,8,10,13-14H2,(H,22,25). The van der Waals surface area contributed by atoms with E-state index in [1.807, 2.05) is 30.3 Å². The van der Waals surface area contributed by atoms with E-state index in [9.17, 15) is 13.2 Å².